The van der Waals surface area contributed by atoms with Gasteiger partial charge in [0.15, 0.2) is 0 Å². The highest BCUT2D eigenvalue weighted by Gasteiger charge is 2.23. The first-order chi connectivity index (χ1) is 17.0. The van der Waals surface area contributed by atoms with Gasteiger partial charge in [0, 0.05) is 11.1 Å². The van der Waals surface area contributed by atoms with Crippen LogP contribution in [0.2, 0.25) is 5.02 Å². The van der Waals surface area contributed by atoms with Crippen molar-refractivity contribution in [2.24, 2.45) is 0 Å². The summed E-state index contributed by atoms with van der Waals surface area (Å²) < 4.78 is 37.1. The Labute approximate surface area is 220 Å². The average Bonchev–Trinajstić information content (AvgIpc) is 3.13. The molecule has 0 aliphatic carbocycles. The van der Waals surface area contributed by atoms with Gasteiger partial charge in [0.1, 0.15) is 5.75 Å². The zero-order valence-corrected chi connectivity index (χ0v) is 23.2. The summed E-state index contributed by atoms with van der Waals surface area (Å²) in [5.74, 6) is 1.02. The van der Waals surface area contributed by atoms with E-state index in [0.717, 1.165) is 39.3 Å². The van der Waals surface area contributed by atoms with Gasteiger partial charge in [-0.1, -0.05) is 55.0 Å². The third kappa shape index (κ3) is 5.22. The van der Waals surface area contributed by atoms with Crippen molar-refractivity contribution in [1.82, 2.24) is 9.29 Å². The summed E-state index contributed by atoms with van der Waals surface area (Å²) in [7, 11) is -2.20. The van der Waals surface area contributed by atoms with Crippen LogP contribution in [-0.4, -0.2) is 20.1 Å². The number of rotatable bonds is 8. The number of hydrogen-bond acceptors (Lipinski definition) is 5. The van der Waals surface area contributed by atoms with Crippen molar-refractivity contribution in [3.63, 3.8) is 0 Å². The van der Waals surface area contributed by atoms with E-state index >= 15 is 0 Å². The fourth-order valence-corrected chi connectivity index (χ4v) is 6.78. The molecule has 0 aliphatic heterocycles. The zero-order valence-electron chi connectivity index (χ0n) is 20.8. The smallest absolute Gasteiger partial charge is 0.308 e. The van der Waals surface area contributed by atoms with Crippen LogP contribution < -0.4 is 14.3 Å². The van der Waals surface area contributed by atoms with E-state index in [2.05, 4.69) is 18.6 Å². The Bertz CT molecular complexity index is 1590. The second kappa shape index (κ2) is 10.4. The predicted molar refractivity (Wildman–Crippen MR) is 147 cm³/mol. The highest BCUT2D eigenvalue weighted by atomic mass is 35.5. The lowest BCUT2D eigenvalue weighted by molar-refractivity contribution is 0.406. The number of benzene rings is 3. The number of ether oxygens (including phenoxy) is 1. The molecule has 190 valence electrons. The molecule has 1 atom stereocenters. The van der Waals surface area contributed by atoms with Crippen LogP contribution in [0.1, 0.15) is 55.0 Å². The normalized spacial score (nSPS) is 12.9. The van der Waals surface area contributed by atoms with Crippen molar-refractivity contribution in [1.29, 1.82) is 0 Å². The summed E-state index contributed by atoms with van der Waals surface area (Å²) in [4.78, 5) is 12.7. The van der Waals surface area contributed by atoms with E-state index in [1.54, 1.807) is 29.9 Å². The summed E-state index contributed by atoms with van der Waals surface area (Å²) in [5.41, 5.74) is 4.35. The van der Waals surface area contributed by atoms with Crippen LogP contribution in [0.5, 0.6) is 5.75 Å². The van der Waals surface area contributed by atoms with E-state index in [1.165, 1.54) is 6.07 Å². The molecule has 0 fully saturated rings. The molecule has 0 bridgehead atoms. The number of thiazole rings is 1. The van der Waals surface area contributed by atoms with Crippen molar-refractivity contribution in [2.45, 2.75) is 51.1 Å². The third-order valence-corrected chi connectivity index (χ3v) is 9.12. The maximum Gasteiger partial charge on any atom is 0.308 e. The molecule has 0 spiro atoms. The Kier molecular flexibility index (Phi) is 7.61. The van der Waals surface area contributed by atoms with Crippen LogP contribution in [0.15, 0.2) is 64.3 Å². The van der Waals surface area contributed by atoms with E-state index in [4.69, 9.17) is 16.3 Å². The Morgan fingerprint density at radius 2 is 1.78 bits per heavy atom. The molecule has 9 heteroatoms. The number of nitrogens with one attached hydrogen (secondary N) is 1. The minimum Gasteiger partial charge on any atom is -0.496 e. The van der Waals surface area contributed by atoms with Crippen LogP contribution in [-0.2, 0) is 16.6 Å². The molecule has 4 aromatic rings. The lowest BCUT2D eigenvalue weighted by Gasteiger charge is -2.21. The van der Waals surface area contributed by atoms with E-state index < -0.39 is 16.1 Å². The second-order valence-electron chi connectivity index (χ2n) is 9.12. The molecule has 1 N–H and O–H groups in total. The molecular weight excluding hydrogens is 516 g/mol. The van der Waals surface area contributed by atoms with Gasteiger partial charge in [-0.25, -0.2) is 13.1 Å². The summed E-state index contributed by atoms with van der Waals surface area (Å²) >= 11 is 7.30. The first-order valence-electron chi connectivity index (χ1n) is 11.6. The van der Waals surface area contributed by atoms with Gasteiger partial charge >= 0.3 is 4.87 Å². The standard InChI is InChI=1S/C27H29ClN2O4S2/c1-16(2)21-14-22(17(3)12-25(21)34-5)18(4)29-36(32,33)20-10-11-24-26(13-20)35-27(31)30(24)15-19-8-6-7-9-23(19)28/h6-14,16,18,29H,15H2,1-5H3/t18-/m0/s1. The van der Waals surface area contributed by atoms with Crippen molar-refractivity contribution >= 4 is 43.2 Å². The van der Waals surface area contributed by atoms with Crippen LogP contribution in [0.4, 0.5) is 0 Å². The summed E-state index contributed by atoms with van der Waals surface area (Å²) in [6.45, 7) is 8.23. The first kappa shape index (κ1) is 26.4. The van der Waals surface area contributed by atoms with Gasteiger partial charge in [-0.2, -0.15) is 0 Å². The Hall–Kier alpha value is -2.65. The zero-order chi connectivity index (χ0) is 26.2. The summed E-state index contributed by atoms with van der Waals surface area (Å²) in [6, 6.07) is 15.6. The Morgan fingerprint density at radius 3 is 2.44 bits per heavy atom. The lowest BCUT2D eigenvalue weighted by Crippen LogP contribution is -2.27. The minimum atomic E-state index is -3.84. The fourth-order valence-electron chi connectivity index (χ4n) is 4.34. The van der Waals surface area contributed by atoms with Crippen LogP contribution in [0.3, 0.4) is 0 Å². The minimum absolute atomic E-state index is 0.114. The molecule has 1 aromatic heterocycles. The molecule has 4 rings (SSSR count). The Balaban J connectivity index is 1.65. The fraction of sp³-hybridized carbons (Fsp3) is 0.296. The predicted octanol–water partition coefficient (Wildman–Crippen LogP) is 6.24. The van der Waals surface area contributed by atoms with Gasteiger partial charge in [0.25, 0.3) is 0 Å². The quantitative estimate of drug-likeness (QED) is 0.284. The van der Waals surface area contributed by atoms with Gasteiger partial charge < -0.3 is 4.74 Å². The number of fused-ring (bicyclic) bond motifs is 1. The number of sulfonamides is 1. The topological polar surface area (TPSA) is 77.4 Å². The molecule has 6 nitrogen and oxygen atoms in total. The molecule has 3 aromatic carbocycles. The van der Waals surface area contributed by atoms with Gasteiger partial charge in [-0.3, -0.25) is 9.36 Å². The summed E-state index contributed by atoms with van der Waals surface area (Å²) in [5, 5.41) is 0.579. The van der Waals surface area contributed by atoms with E-state index in [9.17, 15) is 13.2 Å². The van der Waals surface area contributed by atoms with E-state index in [-0.39, 0.29) is 15.7 Å². The molecule has 36 heavy (non-hydrogen) atoms. The van der Waals surface area contributed by atoms with E-state index in [1.807, 2.05) is 44.2 Å². The number of halogens is 1. The number of nitrogens with zero attached hydrogens (tertiary/aromatic N) is 1. The number of aryl methyl sites for hydroxylation is 1. The SMILES string of the molecule is COc1cc(C)c([C@H](C)NS(=O)(=O)c2ccc3c(c2)sc(=O)n3Cc2ccccc2Cl)cc1C(C)C. The van der Waals surface area contributed by atoms with Gasteiger partial charge in [0.05, 0.1) is 28.8 Å². The summed E-state index contributed by atoms with van der Waals surface area (Å²) in [6.07, 6.45) is 0. The van der Waals surface area contributed by atoms with Crippen LogP contribution >= 0.6 is 22.9 Å². The third-order valence-electron chi connectivity index (χ3n) is 6.28. The highest BCUT2D eigenvalue weighted by molar-refractivity contribution is 7.89. The Morgan fingerprint density at radius 1 is 1.06 bits per heavy atom. The highest BCUT2D eigenvalue weighted by Crippen LogP contribution is 2.33. The molecule has 0 saturated heterocycles. The molecule has 0 aliphatic rings. The van der Waals surface area contributed by atoms with Gasteiger partial charge in [0.2, 0.25) is 10.0 Å². The van der Waals surface area contributed by atoms with E-state index in [0.29, 0.717) is 21.8 Å². The first-order valence-corrected chi connectivity index (χ1v) is 14.3. The van der Waals surface area contributed by atoms with Crippen molar-refractivity contribution in [3.05, 3.63) is 91.5 Å². The molecule has 1 heterocycles. The van der Waals surface area contributed by atoms with Crippen molar-refractivity contribution in [3.8, 4) is 5.75 Å². The molecule has 0 saturated carbocycles. The van der Waals surface area contributed by atoms with Gasteiger partial charge in [-0.05, 0) is 78.4 Å². The average molecular weight is 545 g/mol. The second-order valence-corrected chi connectivity index (χ2v) is 12.2. The molecular formula is C27H29ClN2O4S2. The maximum absolute atomic E-state index is 13.3. The lowest BCUT2D eigenvalue weighted by atomic mass is 9.94. The number of aromatic nitrogens is 1. The largest absolute Gasteiger partial charge is 0.496 e. The number of hydrogen-bond donors (Lipinski definition) is 1. The van der Waals surface area contributed by atoms with Crippen molar-refractivity contribution in [2.75, 3.05) is 7.11 Å². The van der Waals surface area contributed by atoms with Crippen LogP contribution in [0, 0.1) is 6.92 Å². The number of methoxy groups -OCH3 is 1. The maximum atomic E-state index is 13.3. The van der Waals surface area contributed by atoms with Crippen LogP contribution in [0.25, 0.3) is 10.2 Å². The van der Waals surface area contributed by atoms with Crippen molar-refractivity contribution < 1.29 is 13.2 Å². The molecule has 0 radical (unpaired) electrons. The molecule has 0 amide bonds. The monoisotopic (exact) mass is 544 g/mol. The molecule has 0 unspecified atom stereocenters. The van der Waals surface area contributed by atoms with Gasteiger partial charge in [-0.15, -0.1) is 0 Å².